The molecule has 0 atom stereocenters. The Morgan fingerprint density at radius 2 is 2.17 bits per heavy atom. The fraction of sp³-hybridized carbons (Fsp3) is 0.143. The van der Waals surface area contributed by atoms with Crippen LogP contribution in [0.4, 0.5) is 10.1 Å². The number of carbonyl (C=O) groups excluding carboxylic acids is 2. The van der Waals surface area contributed by atoms with Crippen LogP contribution < -0.4 is 15.8 Å². The van der Waals surface area contributed by atoms with Gasteiger partial charge in [-0.2, -0.15) is 4.39 Å². The van der Waals surface area contributed by atoms with E-state index in [1.165, 1.54) is 0 Å². The van der Waals surface area contributed by atoms with Crippen LogP contribution >= 0.6 is 15.9 Å². The molecule has 1 aromatic heterocycles. The van der Waals surface area contributed by atoms with Crippen molar-refractivity contribution in [3.05, 3.63) is 46.1 Å². The molecule has 2 rings (SSSR count). The second kappa shape index (κ2) is 7.14. The smallest absolute Gasteiger partial charge is 0.273 e. The Morgan fingerprint density at radius 1 is 1.43 bits per heavy atom. The van der Waals surface area contributed by atoms with Crippen molar-refractivity contribution in [1.29, 1.82) is 0 Å². The van der Waals surface area contributed by atoms with Crippen LogP contribution in [0.25, 0.3) is 0 Å². The van der Waals surface area contributed by atoms with Gasteiger partial charge in [-0.1, -0.05) is 6.07 Å². The quantitative estimate of drug-likeness (QED) is 0.819. The molecule has 3 N–H and O–H groups in total. The van der Waals surface area contributed by atoms with Gasteiger partial charge in [0.15, 0.2) is 12.3 Å². The highest BCUT2D eigenvalue weighted by Gasteiger charge is 2.16. The van der Waals surface area contributed by atoms with E-state index in [0.717, 1.165) is 11.8 Å². The molecular weight excluding hydrogens is 371 g/mol. The molecule has 0 saturated carbocycles. The number of hydrogen-bond acceptors (Lipinski definition) is 5. The highest BCUT2D eigenvalue weighted by atomic mass is 79.9. The lowest BCUT2D eigenvalue weighted by atomic mass is 10.2. The summed E-state index contributed by atoms with van der Waals surface area (Å²) in [5.41, 5.74) is 6.16. The summed E-state index contributed by atoms with van der Waals surface area (Å²) in [6.07, 6.45) is 0.760. The van der Waals surface area contributed by atoms with Crippen LogP contribution in [-0.4, -0.2) is 28.4 Å². The third-order valence-electron chi connectivity index (χ3n) is 2.68. The second-order valence-electron chi connectivity index (χ2n) is 4.53. The number of nitrogens with zero attached hydrogens (tertiary/aromatic N) is 2. The van der Waals surface area contributed by atoms with Crippen LogP contribution in [0.3, 0.4) is 0 Å². The van der Waals surface area contributed by atoms with Crippen LogP contribution in [0.2, 0.25) is 0 Å². The number of ether oxygens (including phenoxy) is 1. The summed E-state index contributed by atoms with van der Waals surface area (Å²) in [4.78, 5) is 29.9. The maximum absolute atomic E-state index is 12.9. The Morgan fingerprint density at radius 3 is 2.83 bits per heavy atom. The first-order chi connectivity index (χ1) is 10.9. The predicted molar refractivity (Wildman–Crippen MR) is 83.5 cm³/mol. The number of amides is 2. The Bertz CT molecular complexity index is 770. The van der Waals surface area contributed by atoms with E-state index in [-0.39, 0.29) is 5.88 Å². The third-order valence-corrected chi connectivity index (χ3v) is 3.34. The van der Waals surface area contributed by atoms with E-state index in [2.05, 4.69) is 31.2 Å². The number of aromatic nitrogens is 2. The number of hydrogen-bond donors (Lipinski definition) is 2. The van der Waals surface area contributed by atoms with E-state index in [4.69, 9.17) is 10.5 Å². The molecule has 0 fully saturated rings. The number of rotatable bonds is 5. The molecule has 23 heavy (non-hydrogen) atoms. The zero-order valence-electron chi connectivity index (χ0n) is 12.0. The molecule has 0 aliphatic rings. The predicted octanol–water partition coefficient (Wildman–Crippen LogP) is 1.80. The van der Waals surface area contributed by atoms with E-state index < -0.39 is 30.1 Å². The first kappa shape index (κ1) is 16.8. The molecule has 0 spiro atoms. The minimum Gasteiger partial charge on any atom is -0.466 e. The van der Waals surface area contributed by atoms with E-state index >= 15 is 0 Å². The van der Waals surface area contributed by atoms with Gasteiger partial charge in [-0.15, -0.1) is 0 Å². The Labute approximate surface area is 139 Å². The van der Waals surface area contributed by atoms with Gasteiger partial charge in [0.2, 0.25) is 11.8 Å². The summed E-state index contributed by atoms with van der Waals surface area (Å²) < 4.78 is 18.7. The SMILES string of the molecule is Cc1ccc(NC(=O)COc2ncc(F)nc2C(N)=O)c(Br)c1. The lowest BCUT2D eigenvalue weighted by Crippen LogP contribution is -2.23. The molecule has 1 aromatic carbocycles. The van der Waals surface area contributed by atoms with Crippen molar-refractivity contribution in [1.82, 2.24) is 9.97 Å². The number of benzene rings is 1. The molecule has 0 radical (unpaired) electrons. The van der Waals surface area contributed by atoms with Gasteiger partial charge >= 0.3 is 0 Å². The molecule has 0 saturated heterocycles. The van der Waals surface area contributed by atoms with Crippen LogP contribution in [0.5, 0.6) is 5.88 Å². The number of nitrogens with two attached hydrogens (primary N) is 1. The number of nitrogens with one attached hydrogen (secondary N) is 1. The van der Waals surface area contributed by atoms with E-state index in [0.29, 0.717) is 10.2 Å². The standard InChI is InChI=1S/C14H12BrFN4O3/c1-7-2-3-9(8(15)4-7)19-11(21)6-23-14-12(13(17)22)20-10(16)5-18-14/h2-5H,6H2,1H3,(H2,17,22)(H,19,21). The van der Waals surface area contributed by atoms with Gasteiger partial charge in [-0.25, -0.2) is 9.97 Å². The zero-order valence-corrected chi connectivity index (χ0v) is 13.6. The maximum atomic E-state index is 12.9. The lowest BCUT2D eigenvalue weighted by Gasteiger charge is -2.10. The fourth-order valence-electron chi connectivity index (χ4n) is 1.66. The van der Waals surface area contributed by atoms with Gasteiger partial charge in [-0.05, 0) is 40.5 Å². The summed E-state index contributed by atoms with van der Waals surface area (Å²) in [5.74, 6) is -2.78. The molecule has 2 aromatic rings. The second-order valence-corrected chi connectivity index (χ2v) is 5.39. The number of primary amides is 1. The van der Waals surface area contributed by atoms with Crippen molar-refractivity contribution in [2.45, 2.75) is 6.92 Å². The van der Waals surface area contributed by atoms with E-state index in [1.54, 1.807) is 6.07 Å². The largest absolute Gasteiger partial charge is 0.466 e. The Hall–Kier alpha value is -2.55. The third kappa shape index (κ3) is 4.46. The van der Waals surface area contributed by atoms with Crippen molar-refractivity contribution in [2.24, 2.45) is 5.73 Å². The number of aryl methyl sites for hydroxylation is 1. The minimum absolute atomic E-state index is 0.308. The zero-order chi connectivity index (χ0) is 17.0. The molecule has 1 heterocycles. The molecule has 0 aliphatic heterocycles. The van der Waals surface area contributed by atoms with E-state index in [1.807, 2.05) is 19.1 Å². The summed E-state index contributed by atoms with van der Waals surface area (Å²) >= 11 is 3.33. The average molecular weight is 383 g/mol. The average Bonchev–Trinajstić information content (AvgIpc) is 2.48. The normalized spacial score (nSPS) is 10.2. The van der Waals surface area contributed by atoms with Gasteiger partial charge in [0.1, 0.15) is 0 Å². The van der Waals surface area contributed by atoms with Gasteiger partial charge in [0.25, 0.3) is 11.8 Å². The topological polar surface area (TPSA) is 107 Å². The Kier molecular flexibility index (Phi) is 5.22. The van der Waals surface area contributed by atoms with Crippen molar-refractivity contribution in [2.75, 3.05) is 11.9 Å². The maximum Gasteiger partial charge on any atom is 0.273 e. The first-order valence-electron chi connectivity index (χ1n) is 6.38. The minimum atomic E-state index is -1.01. The van der Waals surface area contributed by atoms with Crippen LogP contribution in [0, 0.1) is 12.9 Å². The van der Waals surface area contributed by atoms with Crippen molar-refractivity contribution in [3.8, 4) is 5.88 Å². The highest BCUT2D eigenvalue weighted by Crippen LogP contribution is 2.23. The Balaban J connectivity index is 2.03. The number of anilines is 1. The summed E-state index contributed by atoms with van der Waals surface area (Å²) in [6.45, 7) is 1.47. The van der Waals surface area contributed by atoms with Crippen molar-refractivity contribution < 1.29 is 18.7 Å². The lowest BCUT2D eigenvalue weighted by molar-refractivity contribution is -0.118. The van der Waals surface area contributed by atoms with Crippen LogP contribution in [-0.2, 0) is 4.79 Å². The molecule has 0 bridgehead atoms. The van der Waals surface area contributed by atoms with Crippen LogP contribution in [0.1, 0.15) is 16.1 Å². The molecule has 7 nitrogen and oxygen atoms in total. The molecule has 0 unspecified atom stereocenters. The first-order valence-corrected chi connectivity index (χ1v) is 7.17. The summed E-state index contributed by atoms with van der Waals surface area (Å²) in [5, 5.41) is 2.62. The monoisotopic (exact) mass is 382 g/mol. The fourth-order valence-corrected chi connectivity index (χ4v) is 2.26. The number of halogens is 2. The highest BCUT2D eigenvalue weighted by molar-refractivity contribution is 9.10. The van der Waals surface area contributed by atoms with Gasteiger partial charge in [0, 0.05) is 4.47 Å². The molecular formula is C14H12BrFN4O3. The molecule has 2 amide bonds. The van der Waals surface area contributed by atoms with Crippen LogP contribution in [0.15, 0.2) is 28.9 Å². The molecule has 0 aliphatic carbocycles. The van der Waals surface area contributed by atoms with Crippen molar-refractivity contribution in [3.63, 3.8) is 0 Å². The van der Waals surface area contributed by atoms with Gasteiger partial charge in [-0.3, -0.25) is 9.59 Å². The number of carbonyl (C=O) groups is 2. The molecule has 9 heteroatoms. The summed E-state index contributed by atoms with van der Waals surface area (Å²) in [7, 11) is 0. The summed E-state index contributed by atoms with van der Waals surface area (Å²) in [6, 6.07) is 5.40. The van der Waals surface area contributed by atoms with Crippen molar-refractivity contribution >= 4 is 33.4 Å². The van der Waals surface area contributed by atoms with E-state index in [9.17, 15) is 14.0 Å². The van der Waals surface area contributed by atoms with Gasteiger partial charge < -0.3 is 15.8 Å². The van der Waals surface area contributed by atoms with Gasteiger partial charge in [0.05, 0.1) is 11.9 Å². The molecule has 120 valence electrons.